The highest BCUT2D eigenvalue weighted by molar-refractivity contribution is 6.66. The molecule has 0 heterocycles. The highest BCUT2D eigenvalue weighted by Gasteiger charge is 2.85. The second-order valence-corrected chi connectivity index (χ2v) is 9.90. The number of ether oxygens (including phenoxy) is 2. The van der Waals surface area contributed by atoms with Gasteiger partial charge in [0.05, 0.1) is 35.1 Å². The third-order valence-electron chi connectivity index (χ3n) is 4.93. The number of fused-ring (bicyclic) bond motifs is 2. The van der Waals surface area contributed by atoms with E-state index < -0.39 is 37.9 Å². The Morgan fingerprint density at radius 2 is 1.15 bits per heavy atom. The largest absolute Gasteiger partial charge is 0.465 e. The maximum Gasteiger partial charge on any atom is 0.312 e. The Kier molecular flexibility index (Phi) is 7.59. The zero-order valence-corrected chi connectivity index (χ0v) is 19.3. The van der Waals surface area contributed by atoms with E-state index >= 15 is 0 Å². The van der Waals surface area contributed by atoms with Crippen LogP contribution in [0.15, 0.2) is 10.1 Å². The maximum absolute atomic E-state index is 12.8. The van der Waals surface area contributed by atoms with Gasteiger partial charge in [-0.15, -0.1) is 23.2 Å². The Hall–Kier alpha value is 0.420. The van der Waals surface area contributed by atoms with E-state index in [1.54, 1.807) is 0 Å². The summed E-state index contributed by atoms with van der Waals surface area (Å²) in [7, 11) is 0. The average Bonchev–Trinajstić information content (AvgIpc) is 2.82. The molecule has 10 heteroatoms. The van der Waals surface area contributed by atoms with E-state index in [1.165, 1.54) is 0 Å². The van der Waals surface area contributed by atoms with Crippen molar-refractivity contribution in [3.05, 3.63) is 10.1 Å². The molecule has 0 saturated heterocycles. The number of hydrogen-bond acceptors (Lipinski definition) is 4. The van der Waals surface area contributed by atoms with Gasteiger partial charge in [0.25, 0.3) is 0 Å². The van der Waals surface area contributed by atoms with Crippen LogP contribution < -0.4 is 0 Å². The van der Waals surface area contributed by atoms with Gasteiger partial charge in [-0.05, 0) is 12.8 Å². The standard InChI is InChI=1S/C17H20Cl6O4/c1-3-5-7-26-13(24)9-10(14(25)27-8-6-4-2)16(21)12(19)11(18)15(9,20)17(16,22)23/h9-10H,3-8H2,1-2H3/t9-,10-,15+,16+/m1/s1. The minimum absolute atomic E-state index is 0.151. The molecule has 4 atom stereocenters. The quantitative estimate of drug-likeness (QED) is 0.242. The molecule has 1 fully saturated rings. The number of esters is 2. The van der Waals surface area contributed by atoms with Crippen molar-refractivity contribution in [2.24, 2.45) is 11.8 Å². The first kappa shape index (κ1) is 23.7. The summed E-state index contributed by atoms with van der Waals surface area (Å²) in [4.78, 5) is 21.8. The SMILES string of the molecule is CCCCOC(=O)[C@H]1[C@H](C(=O)OCCCC)[C@]2(Cl)C(Cl)=C(Cl)[C@]1(Cl)C2(Cl)Cl. The van der Waals surface area contributed by atoms with Crippen molar-refractivity contribution in [1.29, 1.82) is 0 Å². The molecule has 27 heavy (non-hydrogen) atoms. The molecule has 0 radical (unpaired) electrons. The molecule has 2 bridgehead atoms. The lowest BCUT2D eigenvalue weighted by molar-refractivity contribution is -0.160. The molecule has 1 saturated carbocycles. The van der Waals surface area contributed by atoms with E-state index in [4.69, 9.17) is 79.1 Å². The van der Waals surface area contributed by atoms with Crippen molar-refractivity contribution >= 4 is 81.5 Å². The molecule has 0 aromatic heterocycles. The Morgan fingerprint density at radius 1 is 0.815 bits per heavy atom. The van der Waals surface area contributed by atoms with Crippen molar-refractivity contribution < 1.29 is 19.1 Å². The third-order valence-corrected chi connectivity index (χ3v) is 9.19. The summed E-state index contributed by atoms with van der Waals surface area (Å²) >= 11 is 38.8. The Morgan fingerprint density at radius 3 is 1.44 bits per heavy atom. The van der Waals surface area contributed by atoms with Crippen molar-refractivity contribution in [3.63, 3.8) is 0 Å². The summed E-state index contributed by atoms with van der Waals surface area (Å²) in [6.45, 7) is 4.19. The van der Waals surface area contributed by atoms with Gasteiger partial charge in [0.1, 0.15) is 9.75 Å². The molecule has 0 aliphatic heterocycles. The topological polar surface area (TPSA) is 52.6 Å². The van der Waals surface area contributed by atoms with Gasteiger partial charge >= 0.3 is 11.9 Å². The second kappa shape index (κ2) is 8.65. The van der Waals surface area contributed by atoms with Crippen molar-refractivity contribution in [1.82, 2.24) is 0 Å². The number of allylic oxidation sites excluding steroid dienone is 2. The smallest absolute Gasteiger partial charge is 0.312 e. The van der Waals surface area contributed by atoms with E-state index in [-0.39, 0.29) is 23.3 Å². The molecule has 2 aliphatic rings. The molecule has 0 unspecified atom stereocenters. The number of rotatable bonds is 8. The van der Waals surface area contributed by atoms with Crippen LogP contribution in [0, 0.1) is 11.8 Å². The Balaban J connectivity index is 2.47. The lowest BCUT2D eigenvalue weighted by Gasteiger charge is -2.33. The fourth-order valence-corrected chi connectivity index (χ4v) is 6.31. The van der Waals surface area contributed by atoms with E-state index in [2.05, 4.69) is 0 Å². The van der Waals surface area contributed by atoms with Crippen LogP contribution in [0.3, 0.4) is 0 Å². The van der Waals surface area contributed by atoms with E-state index in [1.807, 2.05) is 13.8 Å². The van der Waals surface area contributed by atoms with Crippen LogP contribution in [0.1, 0.15) is 39.5 Å². The van der Waals surface area contributed by atoms with Gasteiger partial charge in [0.15, 0.2) is 4.33 Å². The van der Waals surface area contributed by atoms with Crippen LogP contribution in [0.25, 0.3) is 0 Å². The molecular formula is C17H20Cl6O4. The summed E-state index contributed by atoms with van der Waals surface area (Å²) < 4.78 is 8.53. The minimum Gasteiger partial charge on any atom is -0.465 e. The number of unbranched alkanes of at least 4 members (excludes halogenated alkanes) is 2. The van der Waals surface area contributed by atoms with E-state index in [0.717, 1.165) is 12.8 Å². The van der Waals surface area contributed by atoms with Crippen molar-refractivity contribution in [3.8, 4) is 0 Å². The molecule has 0 aromatic carbocycles. The minimum atomic E-state index is -2.03. The van der Waals surface area contributed by atoms with Gasteiger partial charge in [-0.2, -0.15) is 0 Å². The van der Waals surface area contributed by atoms with Gasteiger partial charge in [0, 0.05) is 0 Å². The molecule has 0 amide bonds. The molecule has 4 nitrogen and oxygen atoms in total. The lowest BCUT2D eigenvalue weighted by Crippen LogP contribution is -2.46. The van der Waals surface area contributed by atoms with Crippen LogP contribution in [0.4, 0.5) is 0 Å². The first-order valence-corrected chi connectivity index (χ1v) is 10.9. The molecule has 2 aliphatic carbocycles. The summed E-state index contributed by atoms with van der Waals surface area (Å²) in [6.07, 6.45) is 2.91. The molecular weight excluding hydrogens is 481 g/mol. The Bertz CT molecular complexity index is 599. The van der Waals surface area contributed by atoms with Crippen molar-refractivity contribution in [2.75, 3.05) is 13.2 Å². The predicted octanol–water partition coefficient (Wildman–Crippen LogP) is 5.75. The van der Waals surface area contributed by atoms with E-state index in [0.29, 0.717) is 12.8 Å². The zero-order valence-electron chi connectivity index (χ0n) is 14.8. The van der Waals surface area contributed by atoms with Crippen LogP contribution >= 0.6 is 69.6 Å². The molecule has 0 aromatic rings. The highest BCUT2D eigenvalue weighted by atomic mass is 35.5. The van der Waals surface area contributed by atoms with Crippen LogP contribution in [0.2, 0.25) is 0 Å². The zero-order chi connectivity index (χ0) is 20.6. The van der Waals surface area contributed by atoms with Gasteiger partial charge in [-0.25, -0.2) is 0 Å². The Labute approximate surface area is 188 Å². The van der Waals surface area contributed by atoms with E-state index in [9.17, 15) is 9.59 Å². The first-order valence-electron chi connectivity index (χ1n) is 8.68. The summed E-state index contributed by atoms with van der Waals surface area (Å²) in [5.41, 5.74) is 0. The fraction of sp³-hybridized carbons (Fsp3) is 0.765. The van der Waals surface area contributed by atoms with Crippen LogP contribution in [-0.4, -0.2) is 39.2 Å². The lowest BCUT2D eigenvalue weighted by atomic mass is 9.82. The fourth-order valence-electron chi connectivity index (χ4n) is 3.39. The number of carbonyl (C=O) groups is 2. The summed E-state index contributed by atoms with van der Waals surface area (Å²) in [5.74, 6) is -4.22. The number of hydrogen-bond donors (Lipinski definition) is 0. The monoisotopic (exact) mass is 498 g/mol. The number of halogens is 6. The van der Waals surface area contributed by atoms with Gasteiger partial charge in [-0.1, -0.05) is 73.1 Å². The molecule has 2 rings (SSSR count). The maximum atomic E-state index is 12.8. The van der Waals surface area contributed by atoms with Crippen molar-refractivity contribution in [2.45, 2.75) is 53.6 Å². The number of alkyl halides is 4. The molecule has 154 valence electrons. The van der Waals surface area contributed by atoms with Gasteiger partial charge in [0.2, 0.25) is 0 Å². The highest BCUT2D eigenvalue weighted by Crippen LogP contribution is 2.76. The first-order chi connectivity index (χ1) is 12.5. The molecule has 0 N–H and O–H groups in total. The third kappa shape index (κ3) is 3.37. The normalized spacial score (nSPS) is 34.1. The second-order valence-electron chi connectivity index (χ2n) is 6.62. The summed E-state index contributed by atoms with van der Waals surface area (Å²) in [6, 6.07) is 0. The van der Waals surface area contributed by atoms with Crippen LogP contribution in [-0.2, 0) is 19.1 Å². The number of carbonyl (C=O) groups excluding carboxylic acids is 2. The predicted molar refractivity (Wildman–Crippen MR) is 109 cm³/mol. The van der Waals surface area contributed by atoms with Crippen LogP contribution in [0.5, 0.6) is 0 Å². The molecule has 0 spiro atoms. The van der Waals surface area contributed by atoms with Gasteiger partial charge < -0.3 is 9.47 Å². The summed E-state index contributed by atoms with van der Waals surface area (Å²) in [5, 5.41) is -0.332. The average molecular weight is 501 g/mol. The van der Waals surface area contributed by atoms with Gasteiger partial charge in [-0.3, -0.25) is 9.59 Å².